The van der Waals surface area contributed by atoms with E-state index in [2.05, 4.69) is 20.6 Å². The topological polar surface area (TPSA) is 117 Å². The van der Waals surface area contributed by atoms with Gasteiger partial charge in [-0.15, -0.1) is 11.3 Å². The molecule has 0 saturated carbocycles. The first-order valence-corrected chi connectivity index (χ1v) is 13.4. The van der Waals surface area contributed by atoms with Crippen LogP contribution in [-0.2, 0) is 16.0 Å². The van der Waals surface area contributed by atoms with Gasteiger partial charge in [0.2, 0.25) is 11.9 Å². The number of halogens is 1. The zero-order valence-corrected chi connectivity index (χ0v) is 21.7. The van der Waals surface area contributed by atoms with Gasteiger partial charge < -0.3 is 25.4 Å². The average molecular weight is 542 g/mol. The van der Waals surface area contributed by atoms with E-state index < -0.39 is 6.04 Å². The van der Waals surface area contributed by atoms with Crippen molar-refractivity contribution in [1.29, 1.82) is 0 Å². The van der Waals surface area contributed by atoms with Crippen LogP contribution in [0.2, 0.25) is 5.02 Å². The van der Waals surface area contributed by atoms with Crippen LogP contribution in [-0.4, -0.2) is 70.7 Å². The lowest BCUT2D eigenvalue weighted by Gasteiger charge is -2.27. The number of ether oxygens (including phenoxy) is 1. The lowest BCUT2D eigenvalue weighted by molar-refractivity contribution is -0.122. The molecule has 0 bridgehead atoms. The highest BCUT2D eigenvalue weighted by molar-refractivity contribution is 7.15. The molecule has 3 aromatic rings. The molecule has 9 nitrogen and oxygen atoms in total. The molecule has 0 unspecified atom stereocenters. The molecule has 0 radical (unpaired) electrons. The predicted octanol–water partition coefficient (Wildman–Crippen LogP) is 3.30. The smallest absolute Gasteiger partial charge is 0.255 e. The second-order valence-electron chi connectivity index (χ2n) is 9.08. The molecule has 1 saturated heterocycles. The Kier molecular flexibility index (Phi) is 7.99. The molecule has 4 heterocycles. The zero-order chi connectivity index (χ0) is 25.8. The summed E-state index contributed by atoms with van der Waals surface area (Å²) in [5.74, 6) is 0.0428. The number of aromatic nitrogens is 2. The fraction of sp³-hybridized carbons (Fsp3) is 0.385. The minimum absolute atomic E-state index is 0.0901. The summed E-state index contributed by atoms with van der Waals surface area (Å²) in [5, 5.41) is 16.5. The number of carbonyl (C=O) groups excluding carboxylic acids is 2. The molecule has 194 valence electrons. The maximum atomic E-state index is 13.2. The molecule has 5 rings (SSSR count). The molecular formula is C26H28ClN5O4S. The van der Waals surface area contributed by atoms with Crippen molar-refractivity contribution in [3.63, 3.8) is 0 Å². The number of anilines is 1. The Bertz CT molecular complexity index is 1280. The van der Waals surface area contributed by atoms with Gasteiger partial charge in [-0.05, 0) is 42.7 Å². The van der Waals surface area contributed by atoms with Crippen molar-refractivity contribution in [3.8, 4) is 10.6 Å². The molecule has 2 amide bonds. The Morgan fingerprint density at radius 1 is 1.27 bits per heavy atom. The van der Waals surface area contributed by atoms with E-state index in [1.165, 1.54) is 0 Å². The predicted molar refractivity (Wildman–Crippen MR) is 142 cm³/mol. The van der Waals surface area contributed by atoms with Gasteiger partial charge in [0.15, 0.2) is 0 Å². The van der Waals surface area contributed by atoms with Gasteiger partial charge in [0.1, 0.15) is 0 Å². The van der Waals surface area contributed by atoms with Gasteiger partial charge in [0.05, 0.1) is 35.3 Å². The number of aliphatic hydroxyl groups is 1. The second-order valence-corrected chi connectivity index (χ2v) is 10.7. The highest BCUT2D eigenvalue weighted by Gasteiger charge is 2.29. The molecule has 11 heteroatoms. The van der Waals surface area contributed by atoms with Crippen molar-refractivity contribution in [2.45, 2.75) is 31.3 Å². The van der Waals surface area contributed by atoms with E-state index in [4.69, 9.17) is 16.3 Å². The number of thiophene rings is 1. The number of carbonyl (C=O) groups is 2. The highest BCUT2D eigenvalue weighted by Crippen LogP contribution is 2.34. The Hall–Kier alpha value is -3.05. The van der Waals surface area contributed by atoms with Crippen molar-refractivity contribution in [2.75, 3.05) is 38.2 Å². The molecular weight excluding hydrogens is 514 g/mol. The van der Waals surface area contributed by atoms with Crippen LogP contribution < -0.4 is 10.6 Å². The molecule has 2 aliphatic heterocycles. The quantitative estimate of drug-likeness (QED) is 0.400. The normalized spacial score (nSPS) is 16.8. The first-order chi connectivity index (χ1) is 18.0. The second kappa shape index (κ2) is 11.6. The number of hydrogen-bond donors (Lipinski definition) is 3. The molecule has 2 aromatic heterocycles. The van der Waals surface area contributed by atoms with Crippen molar-refractivity contribution in [3.05, 3.63) is 63.6 Å². The van der Waals surface area contributed by atoms with Gasteiger partial charge >= 0.3 is 0 Å². The fourth-order valence-electron chi connectivity index (χ4n) is 4.54. The third-order valence-electron chi connectivity index (χ3n) is 6.50. The summed E-state index contributed by atoms with van der Waals surface area (Å²) in [6.45, 7) is 1.54. The molecule has 3 N–H and O–H groups in total. The number of hydrogen-bond acceptors (Lipinski definition) is 8. The van der Waals surface area contributed by atoms with Crippen LogP contribution in [0.25, 0.3) is 10.6 Å². The Labute approximate surface area is 223 Å². The Morgan fingerprint density at radius 3 is 2.89 bits per heavy atom. The summed E-state index contributed by atoms with van der Waals surface area (Å²) >= 11 is 7.59. The van der Waals surface area contributed by atoms with E-state index in [0.29, 0.717) is 35.1 Å². The Morgan fingerprint density at radius 2 is 2.11 bits per heavy atom. The third kappa shape index (κ3) is 6.10. The summed E-state index contributed by atoms with van der Waals surface area (Å²) in [5.41, 5.74) is 2.06. The maximum absolute atomic E-state index is 13.2. The van der Waals surface area contributed by atoms with Gasteiger partial charge in [-0.25, -0.2) is 9.97 Å². The molecule has 1 fully saturated rings. The SMILES string of the molecule is O=C(CN1CCc2sc(-c3ccnc(NC4CCOCC4)n3)cc2C1=O)N[C@H](CO)c1cccc(Cl)c1. The van der Waals surface area contributed by atoms with E-state index in [0.717, 1.165) is 41.5 Å². The summed E-state index contributed by atoms with van der Waals surface area (Å²) in [7, 11) is 0. The largest absolute Gasteiger partial charge is 0.394 e. The van der Waals surface area contributed by atoms with Crippen LogP contribution in [0.4, 0.5) is 5.95 Å². The molecule has 2 aliphatic rings. The molecule has 1 atom stereocenters. The van der Waals surface area contributed by atoms with E-state index in [9.17, 15) is 14.7 Å². The Balaban J connectivity index is 1.24. The van der Waals surface area contributed by atoms with Gasteiger partial charge in [-0.2, -0.15) is 0 Å². The van der Waals surface area contributed by atoms with Crippen molar-refractivity contribution >= 4 is 40.7 Å². The van der Waals surface area contributed by atoms with Crippen LogP contribution in [0.1, 0.15) is 39.7 Å². The first kappa shape index (κ1) is 25.6. The number of nitrogens with one attached hydrogen (secondary N) is 2. The van der Waals surface area contributed by atoms with Gasteiger partial charge in [-0.1, -0.05) is 23.7 Å². The standard InChI is InChI=1S/C26H28ClN5O4S/c27-17-3-1-2-16(12-17)21(15-33)30-24(34)14-32-9-5-22-19(25(32)35)13-23(37-22)20-4-8-28-26(31-20)29-18-6-10-36-11-7-18/h1-4,8,12-13,18,21,33H,5-7,9-11,14-15H2,(H,30,34)(H,28,29,31)/t21-/m1/s1. The van der Waals surface area contributed by atoms with Crippen molar-refractivity contribution in [2.24, 2.45) is 0 Å². The summed E-state index contributed by atoms with van der Waals surface area (Å²) in [6.07, 6.45) is 4.21. The van der Waals surface area contributed by atoms with Crippen LogP contribution in [0.15, 0.2) is 42.6 Å². The van der Waals surface area contributed by atoms with Gasteiger partial charge in [0.25, 0.3) is 5.91 Å². The van der Waals surface area contributed by atoms with Crippen LogP contribution in [0.5, 0.6) is 0 Å². The van der Waals surface area contributed by atoms with Crippen molar-refractivity contribution < 1.29 is 19.4 Å². The number of aliphatic hydroxyl groups excluding tert-OH is 1. The minimum Gasteiger partial charge on any atom is -0.394 e. The van der Waals surface area contributed by atoms with E-state index in [1.54, 1.807) is 46.7 Å². The molecule has 0 aliphatic carbocycles. The monoisotopic (exact) mass is 541 g/mol. The first-order valence-electron chi connectivity index (χ1n) is 12.3. The molecule has 0 spiro atoms. The minimum atomic E-state index is -0.601. The van der Waals surface area contributed by atoms with E-state index in [1.807, 2.05) is 12.1 Å². The van der Waals surface area contributed by atoms with Gasteiger partial charge in [-0.3, -0.25) is 9.59 Å². The average Bonchev–Trinajstić information content (AvgIpc) is 3.35. The molecule has 37 heavy (non-hydrogen) atoms. The highest BCUT2D eigenvalue weighted by atomic mass is 35.5. The van der Waals surface area contributed by atoms with Crippen LogP contribution in [0.3, 0.4) is 0 Å². The van der Waals surface area contributed by atoms with Gasteiger partial charge in [0, 0.05) is 48.3 Å². The number of amides is 2. The number of fused-ring (bicyclic) bond motifs is 1. The van der Waals surface area contributed by atoms with Crippen molar-refractivity contribution in [1.82, 2.24) is 20.2 Å². The summed E-state index contributed by atoms with van der Waals surface area (Å²) < 4.78 is 5.41. The third-order valence-corrected chi connectivity index (χ3v) is 7.95. The summed E-state index contributed by atoms with van der Waals surface area (Å²) in [6, 6.07) is 10.4. The summed E-state index contributed by atoms with van der Waals surface area (Å²) in [4.78, 5) is 38.4. The van der Waals surface area contributed by atoms with Crippen LogP contribution in [0, 0.1) is 0 Å². The van der Waals surface area contributed by atoms with E-state index in [-0.39, 0.29) is 31.0 Å². The number of benzene rings is 1. The number of nitrogens with zero attached hydrogens (tertiary/aromatic N) is 3. The van der Waals surface area contributed by atoms with Crippen LogP contribution >= 0.6 is 22.9 Å². The maximum Gasteiger partial charge on any atom is 0.255 e. The lowest BCUT2D eigenvalue weighted by Crippen LogP contribution is -2.45. The fourth-order valence-corrected chi connectivity index (χ4v) is 5.85. The molecule has 1 aromatic carbocycles. The number of rotatable bonds is 8. The van der Waals surface area contributed by atoms with E-state index >= 15 is 0 Å². The lowest BCUT2D eigenvalue weighted by atomic mass is 10.1. The zero-order valence-electron chi connectivity index (χ0n) is 20.2.